The predicted molar refractivity (Wildman–Crippen MR) is 106 cm³/mol. The third-order valence-corrected chi connectivity index (χ3v) is 4.65. The van der Waals surface area contributed by atoms with E-state index in [0.29, 0.717) is 35.4 Å². The van der Waals surface area contributed by atoms with Crippen LogP contribution in [-0.2, 0) is 4.79 Å². The number of hydrogen-bond acceptors (Lipinski definition) is 4. The number of nitriles is 1. The van der Waals surface area contributed by atoms with Crippen LogP contribution in [0.2, 0.25) is 0 Å². The maximum Gasteiger partial charge on any atom is 0.168 e. The highest BCUT2D eigenvalue weighted by Crippen LogP contribution is 2.37. The number of ketones is 1. The van der Waals surface area contributed by atoms with E-state index in [9.17, 15) is 9.90 Å². The van der Waals surface area contributed by atoms with Crippen molar-refractivity contribution in [1.82, 2.24) is 0 Å². The summed E-state index contributed by atoms with van der Waals surface area (Å²) in [7, 11) is 0. The molecule has 0 aromatic heterocycles. The van der Waals surface area contributed by atoms with Crippen molar-refractivity contribution >= 4 is 17.2 Å². The lowest BCUT2D eigenvalue weighted by molar-refractivity contribution is -0.117. The lowest BCUT2D eigenvalue weighted by Crippen LogP contribution is -2.29. The van der Waals surface area contributed by atoms with Crippen molar-refractivity contribution in [2.45, 2.75) is 33.6 Å². The van der Waals surface area contributed by atoms with Gasteiger partial charge in [-0.15, -0.1) is 0 Å². The topological polar surface area (TPSA) is 73.5 Å². The number of hydrogen-bond donors (Lipinski definition) is 1. The van der Waals surface area contributed by atoms with Crippen molar-refractivity contribution in [1.29, 1.82) is 5.26 Å². The van der Waals surface area contributed by atoms with E-state index in [1.54, 1.807) is 24.3 Å². The van der Waals surface area contributed by atoms with E-state index in [4.69, 9.17) is 10.3 Å². The molecule has 0 fully saturated rings. The summed E-state index contributed by atoms with van der Waals surface area (Å²) < 4.78 is 0. The zero-order chi connectivity index (χ0) is 19.6. The zero-order valence-electron chi connectivity index (χ0n) is 15.8. The fourth-order valence-electron chi connectivity index (χ4n) is 3.27. The molecule has 0 aliphatic heterocycles. The molecule has 0 saturated heterocycles. The van der Waals surface area contributed by atoms with Crippen molar-refractivity contribution < 1.29 is 9.90 Å². The fraction of sp³-hybridized carbons (Fsp3) is 0.261. The zero-order valence-corrected chi connectivity index (χ0v) is 15.8. The lowest BCUT2D eigenvalue weighted by Gasteiger charge is -2.30. The molecule has 1 aliphatic rings. The maximum absolute atomic E-state index is 12.9. The minimum atomic E-state index is -0.274. The first kappa shape index (κ1) is 18.6. The van der Waals surface area contributed by atoms with Gasteiger partial charge in [0.15, 0.2) is 5.78 Å². The Bertz CT molecular complexity index is 973. The SMILES string of the molecule is Cc1ccc(N=C(C2=C(O)CC(C)(C)CC2=O)c2ccc(C#N)cc2)cc1. The van der Waals surface area contributed by atoms with Crippen molar-refractivity contribution in [2.75, 3.05) is 0 Å². The van der Waals surface area contributed by atoms with Gasteiger partial charge in [0.2, 0.25) is 0 Å². The molecule has 0 saturated carbocycles. The molecule has 0 atom stereocenters. The number of carbonyl (C=O) groups is 1. The number of Topliss-reactive ketones (excluding diaryl/α,β-unsaturated/α-hetero) is 1. The predicted octanol–water partition coefficient (Wildman–Crippen LogP) is 5.19. The molecule has 4 heteroatoms. The Morgan fingerprint density at radius 1 is 1.07 bits per heavy atom. The van der Waals surface area contributed by atoms with Crippen LogP contribution in [0.5, 0.6) is 0 Å². The number of aryl methyl sites for hydroxylation is 1. The van der Waals surface area contributed by atoms with E-state index < -0.39 is 0 Å². The van der Waals surface area contributed by atoms with E-state index in [1.165, 1.54) is 0 Å². The summed E-state index contributed by atoms with van der Waals surface area (Å²) in [4.78, 5) is 17.5. The molecule has 1 N–H and O–H groups in total. The summed E-state index contributed by atoms with van der Waals surface area (Å²) in [6, 6.07) is 16.7. The first-order valence-corrected chi connectivity index (χ1v) is 8.91. The molecule has 27 heavy (non-hydrogen) atoms. The smallest absolute Gasteiger partial charge is 0.168 e. The van der Waals surface area contributed by atoms with E-state index >= 15 is 0 Å². The highest BCUT2D eigenvalue weighted by molar-refractivity contribution is 6.29. The molecule has 0 bridgehead atoms. The molecular weight excluding hydrogens is 336 g/mol. The average molecular weight is 358 g/mol. The quantitative estimate of drug-likeness (QED) is 0.767. The Balaban J connectivity index is 2.17. The Morgan fingerprint density at radius 2 is 1.70 bits per heavy atom. The van der Waals surface area contributed by atoms with E-state index in [0.717, 1.165) is 5.56 Å². The third kappa shape index (κ3) is 4.15. The first-order chi connectivity index (χ1) is 12.8. The second-order valence-corrected chi connectivity index (χ2v) is 7.75. The highest BCUT2D eigenvalue weighted by atomic mass is 16.3. The van der Waals surface area contributed by atoms with Gasteiger partial charge in [-0.3, -0.25) is 4.79 Å². The molecule has 4 nitrogen and oxygen atoms in total. The van der Waals surface area contributed by atoms with Crippen LogP contribution < -0.4 is 0 Å². The molecule has 2 aromatic carbocycles. The normalized spacial score (nSPS) is 17.0. The van der Waals surface area contributed by atoms with Gasteiger partial charge in [-0.25, -0.2) is 4.99 Å². The Labute approximate surface area is 159 Å². The van der Waals surface area contributed by atoms with Gasteiger partial charge in [-0.1, -0.05) is 43.7 Å². The fourth-order valence-corrected chi connectivity index (χ4v) is 3.27. The molecule has 136 valence electrons. The van der Waals surface area contributed by atoms with Gasteiger partial charge in [0.05, 0.1) is 28.6 Å². The Hall–Kier alpha value is -3.19. The van der Waals surface area contributed by atoms with Gasteiger partial charge in [0.1, 0.15) is 5.76 Å². The molecule has 0 heterocycles. The number of rotatable bonds is 3. The second kappa shape index (κ2) is 7.20. The molecule has 0 unspecified atom stereocenters. The summed E-state index contributed by atoms with van der Waals surface area (Å²) in [6.07, 6.45) is 0.785. The van der Waals surface area contributed by atoms with E-state index in [2.05, 4.69) is 6.07 Å². The van der Waals surface area contributed by atoms with Gasteiger partial charge in [-0.05, 0) is 36.6 Å². The van der Waals surface area contributed by atoms with Gasteiger partial charge in [0.25, 0.3) is 0 Å². The second-order valence-electron chi connectivity index (χ2n) is 7.75. The molecule has 0 radical (unpaired) electrons. The summed E-state index contributed by atoms with van der Waals surface area (Å²) in [5.74, 6) is -0.0366. The van der Waals surface area contributed by atoms with Crippen LogP contribution in [0.1, 0.15) is 43.4 Å². The number of aliphatic hydroxyl groups excluding tert-OH is 1. The summed E-state index contributed by atoms with van der Waals surface area (Å²) in [5.41, 5.74) is 3.50. The molecular formula is C23H22N2O2. The van der Waals surface area contributed by atoms with Crippen molar-refractivity contribution in [3.8, 4) is 6.07 Å². The summed E-state index contributed by atoms with van der Waals surface area (Å²) >= 11 is 0. The average Bonchev–Trinajstić information content (AvgIpc) is 2.61. The summed E-state index contributed by atoms with van der Waals surface area (Å²) in [5, 5.41) is 19.7. The maximum atomic E-state index is 12.9. The van der Waals surface area contributed by atoms with Crippen molar-refractivity contribution in [2.24, 2.45) is 10.4 Å². The minimum absolute atomic E-state index is 0.0754. The van der Waals surface area contributed by atoms with Crippen LogP contribution in [0.15, 0.2) is 64.9 Å². The number of nitrogens with zero attached hydrogens (tertiary/aromatic N) is 2. The van der Waals surface area contributed by atoms with Crippen LogP contribution >= 0.6 is 0 Å². The van der Waals surface area contributed by atoms with Crippen molar-refractivity contribution in [3.05, 3.63) is 76.6 Å². The standard InChI is InChI=1S/C23H22N2O2/c1-15-4-10-18(11-5-15)25-22(17-8-6-16(14-24)7-9-17)21-19(26)12-23(2,3)13-20(21)27/h4-11,26H,12-13H2,1-3H3. The van der Waals surface area contributed by atoms with Gasteiger partial charge in [0, 0.05) is 18.4 Å². The van der Waals surface area contributed by atoms with Gasteiger partial charge in [-0.2, -0.15) is 5.26 Å². The summed E-state index contributed by atoms with van der Waals surface area (Å²) in [6.45, 7) is 5.93. The molecule has 1 aliphatic carbocycles. The largest absolute Gasteiger partial charge is 0.511 e. The lowest BCUT2D eigenvalue weighted by atomic mass is 9.75. The highest BCUT2D eigenvalue weighted by Gasteiger charge is 2.35. The minimum Gasteiger partial charge on any atom is -0.511 e. The van der Waals surface area contributed by atoms with Gasteiger partial charge >= 0.3 is 0 Å². The van der Waals surface area contributed by atoms with Crippen LogP contribution in [-0.4, -0.2) is 16.6 Å². The number of benzene rings is 2. The molecule has 0 amide bonds. The third-order valence-electron chi connectivity index (χ3n) is 4.65. The van der Waals surface area contributed by atoms with Gasteiger partial charge < -0.3 is 5.11 Å². The molecule has 0 spiro atoms. The number of aliphatic imine (C=N–C) groups is 1. The van der Waals surface area contributed by atoms with Crippen molar-refractivity contribution in [3.63, 3.8) is 0 Å². The number of allylic oxidation sites excluding steroid dienone is 2. The monoisotopic (exact) mass is 358 g/mol. The van der Waals surface area contributed by atoms with E-state index in [-0.39, 0.29) is 22.5 Å². The number of carbonyl (C=O) groups excluding carboxylic acids is 1. The molecule has 2 aromatic rings. The first-order valence-electron chi connectivity index (χ1n) is 8.91. The molecule has 3 rings (SSSR count). The van der Waals surface area contributed by atoms with Crippen LogP contribution in [0.25, 0.3) is 0 Å². The van der Waals surface area contributed by atoms with Crippen LogP contribution in [0.3, 0.4) is 0 Å². The Morgan fingerprint density at radius 3 is 2.26 bits per heavy atom. The van der Waals surface area contributed by atoms with Crippen LogP contribution in [0, 0.1) is 23.7 Å². The number of aliphatic hydroxyl groups is 1. The Kier molecular flexibility index (Phi) is 4.96. The van der Waals surface area contributed by atoms with Crippen LogP contribution in [0.4, 0.5) is 5.69 Å². The van der Waals surface area contributed by atoms with E-state index in [1.807, 2.05) is 45.0 Å².